The van der Waals surface area contributed by atoms with E-state index in [2.05, 4.69) is 10.4 Å². The van der Waals surface area contributed by atoms with Gasteiger partial charge in [-0.2, -0.15) is 5.10 Å². The minimum atomic E-state index is -1.14. The van der Waals surface area contributed by atoms with Gasteiger partial charge in [0.25, 0.3) is 11.5 Å². The van der Waals surface area contributed by atoms with E-state index in [0.29, 0.717) is 17.1 Å². The summed E-state index contributed by atoms with van der Waals surface area (Å²) < 4.78 is 10.3. The molecule has 25 heavy (non-hydrogen) atoms. The molecule has 0 aliphatic heterocycles. The molecule has 0 saturated carbocycles. The first kappa shape index (κ1) is 18.2. The Hall–Kier alpha value is -3.14. The number of nitrogens with zero attached hydrogens (tertiary/aromatic N) is 1. The Balaban J connectivity index is 2.22. The third-order valence-corrected chi connectivity index (χ3v) is 3.51. The molecule has 2 aromatic rings. The molecule has 0 spiro atoms. The summed E-state index contributed by atoms with van der Waals surface area (Å²) in [6.45, 7) is 1.54. The van der Waals surface area contributed by atoms with Crippen molar-refractivity contribution in [3.63, 3.8) is 0 Å². The molecule has 0 radical (unpaired) electrons. The zero-order chi connectivity index (χ0) is 18.6. The van der Waals surface area contributed by atoms with Crippen molar-refractivity contribution in [2.24, 2.45) is 0 Å². The van der Waals surface area contributed by atoms with Crippen LogP contribution in [0.25, 0.3) is 0 Å². The lowest BCUT2D eigenvalue weighted by Gasteiger charge is -2.22. The molecule has 0 fully saturated rings. The maximum absolute atomic E-state index is 12.1. The standard InChI is InChI=1S/C15H18N4O6/c1-7(16-13(21)11-14(22)17-15(23)19-18-11)12(20)9-6-8(24-2)4-5-10(9)25-3/h4-7,12,20H,1-3H3,(H,16,21)(H2,17,19,22,23). The highest BCUT2D eigenvalue weighted by atomic mass is 16.5. The number of nitrogens with one attached hydrogen (secondary N) is 3. The van der Waals surface area contributed by atoms with Crippen molar-refractivity contribution in [2.45, 2.75) is 19.1 Å². The van der Waals surface area contributed by atoms with Crippen molar-refractivity contribution in [3.05, 3.63) is 50.3 Å². The lowest BCUT2D eigenvalue weighted by atomic mass is 10.0. The number of aromatic nitrogens is 3. The monoisotopic (exact) mass is 350 g/mol. The summed E-state index contributed by atoms with van der Waals surface area (Å²) in [6.07, 6.45) is -1.14. The summed E-state index contributed by atoms with van der Waals surface area (Å²) in [6, 6.07) is 4.08. The van der Waals surface area contributed by atoms with Gasteiger partial charge in [-0.05, 0) is 25.1 Å². The summed E-state index contributed by atoms with van der Waals surface area (Å²) in [5.74, 6) is 0.0763. The molecule has 1 amide bonds. The van der Waals surface area contributed by atoms with E-state index in [0.717, 1.165) is 0 Å². The van der Waals surface area contributed by atoms with Gasteiger partial charge in [0.15, 0.2) is 0 Å². The van der Waals surface area contributed by atoms with Crippen molar-refractivity contribution in [1.82, 2.24) is 20.5 Å². The summed E-state index contributed by atoms with van der Waals surface area (Å²) >= 11 is 0. The molecule has 0 saturated heterocycles. The first-order chi connectivity index (χ1) is 11.9. The molecule has 10 heteroatoms. The number of benzene rings is 1. The number of ether oxygens (including phenoxy) is 2. The molecule has 2 atom stereocenters. The van der Waals surface area contributed by atoms with Crippen LogP contribution in [-0.2, 0) is 0 Å². The molecule has 134 valence electrons. The van der Waals surface area contributed by atoms with Crippen molar-refractivity contribution in [1.29, 1.82) is 0 Å². The smallest absolute Gasteiger partial charge is 0.342 e. The van der Waals surface area contributed by atoms with Crippen LogP contribution in [0.3, 0.4) is 0 Å². The molecular weight excluding hydrogens is 332 g/mol. The van der Waals surface area contributed by atoms with Gasteiger partial charge in [0.05, 0.1) is 20.3 Å². The maximum Gasteiger partial charge on any atom is 0.342 e. The van der Waals surface area contributed by atoms with E-state index in [1.54, 1.807) is 25.1 Å². The molecule has 1 aromatic carbocycles. The van der Waals surface area contributed by atoms with Gasteiger partial charge >= 0.3 is 5.69 Å². The maximum atomic E-state index is 12.1. The van der Waals surface area contributed by atoms with Crippen molar-refractivity contribution in [3.8, 4) is 11.5 Å². The van der Waals surface area contributed by atoms with Crippen LogP contribution < -0.4 is 26.0 Å². The fourth-order valence-electron chi connectivity index (χ4n) is 2.20. The van der Waals surface area contributed by atoms with Crippen LogP contribution >= 0.6 is 0 Å². The van der Waals surface area contributed by atoms with E-state index in [4.69, 9.17) is 9.47 Å². The Bertz CT molecular complexity index is 875. The Morgan fingerprint density at radius 1 is 1.28 bits per heavy atom. The van der Waals surface area contributed by atoms with Gasteiger partial charge in [-0.3, -0.25) is 14.6 Å². The highest BCUT2D eigenvalue weighted by Crippen LogP contribution is 2.31. The van der Waals surface area contributed by atoms with E-state index in [1.165, 1.54) is 14.2 Å². The van der Waals surface area contributed by atoms with E-state index in [9.17, 15) is 19.5 Å². The molecule has 0 aliphatic carbocycles. The number of hydrogen-bond donors (Lipinski definition) is 4. The molecular formula is C15H18N4O6. The van der Waals surface area contributed by atoms with Crippen LogP contribution in [0, 0.1) is 0 Å². The van der Waals surface area contributed by atoms with Gasteiger partial charge < -0.3 is 19.9 Å². The third kappa shape index (κ3) is 4.04. The van der Waals surface area contributed by atoms with Crippen LogP contribution in [-0.4, -0.2) is 46.5 Å². The quantitative estimate of drug-likeness (QED) is 0.540. The Morgan fingerprint density at radius 3 is 2.60 bits per heavy atom. The number of methoxy groups -OCH3 is 2. The average Bonchev–Trinajstić information content (AvgIpc) is 2.60. The van der Waals surface area contributed by atoms with E-state index >= 15 is 0 Å². The summed E-state index contributed by atoms with van der Waals surface area (Å²) in [4.78, 5) is 36.5. The predicted octanol–water partition coefficient (Wildman–Crippen LogP) is -0.673. The first-order valence-electron chi connectivity index (χ1n) is 7.27. The predicted molar refractivity (Wildman–Crippen MR) is 86.9 cm³/mol. The molecule has 4 N–H and O–H groups in total. The molecule has 1 aromatic heterocycles. The molecule has 0 bridgehead atoms. The highest BCUT2D eigenvalue weighted by Gasteiger charge is 2.24. The summed E-state index contributed by atoms with van der Waals surface area (Å²) in [7, 11) is 2.93. The van der Waals surface area contributed by atoms with Crippen molar-refractivity contribution < 1.29 is 19.4 Å². The second kappa shape index (κ2) is 7.62. The van der Waals surface area contributed by atoms with E-state index in [-0.39, 0.29) is 0 Å². The highest BCUT2D eigenvalue weighted by molar-refractivity contribution is 5.91. The SMILES string of the molecule is COc1ccc(OC)c(C(O)C(C)NC(=O)c2n[nH]c(=O)[nH]c2=O)c1. The van der Waals surface area contributed by atoms with Gasteiger partial charge in [0, 0.05) is 5.56 Å². The number of hydrogen-bond acceptors (Lipinski definition) is 7. The normalized spacial score (nSPS) is 13.0. The number of aliphatic hydroxyl groups is 1. The molecule has 2 rings (SSSR count). The van der Waals surface area contributed by atoms with E-state index in [1.807, 2.05) is 10.1 Å². The fourth-order valence-corrected chi connectivity index (χ4v) is 2.20. The average molecular weight is 350 g/mol. The molecule has 0 aliphatic rings. The topological polar surface area (TPSA) is 146 Å². The number of carbonyl (C=O) groups is 1. The Morgan fingerprint density at radius 2 is 2.00 bits per heavy atom. The van der Waals surface area contributed by atoms with E-state index < -0.39 is 35.0 Å². The first-order valence-corrected chi connectivity index (χ1v) is 7.27. The lowest BCUT2D eigenvalue weighted by Crippen LogP contribution is -2.41. The van der Waals surface area contributed by atoms with Gasteiger partial charge in [0.1, 0.15) is 17.6 Å². The molecule has 1 heterocycles. The number of H-pyrrole nitrogens is 2. The molecule has 2 unspecified atom stereocenters. The zero-order valence-corrected chi connectivity index (χ0v) is 13.8. The minimum absolute atomic E-state index is 0.401. The molecule has 10 nitrogen and oxygen atoms in total. The minimum Gasteiger partial charge on any atom is -0.497 e. The second-order valence-electron chi connectivity index (χ2n) is 5.17. The fraction of sp³-hybridized carbons (Fsp3) is 0.333. The Kier molecular flexibility index (Phi) is 5.55. The van der Waals surface area contributed by atoms with Crippen LogP contribution in [0.2, 0.25) is 0 Å². The van der Waals surface area contributed by atoms with Gasteiger partial charge in [-0.25, -0.2) is 9.89 Å². The van der Waals surface area contributed by atoms with Crippen LogP contribution in [0.15, 0.2) is 27.8 Å². The number of aromatic amines is 2. The van der Waals surface area contributed by atoms with Crippen molar-refractivity contribution >= 4 is 5.91 Å². The third-order valence-electron chi connectivity index (χ3n) is 3.51. The number of aliphatic hydroxyl groups excluding tert-OH is 1. The second-order valence-corrected chi connectivity index (χ2v) is 5.17. The number of amides is 1. The van der Waals surface area contributed by atoms with Crippen LogP contribution in [0.1, 0.15) is 29.1 Å². The van der Waals surface area contributed by atoms with Crippen LogP contribution in [0.4, 0.5) is 0 Å². The van der Waals surface area contributed by atoms with Crippen molar-refractivity contribution in [2.75, 3.05) is 14.2 Å². The lowest BCUT2D eigenvalue weighted by molar-refractivity contribution is 0.0839. The summed E-state index contributed by atoms with van der Waals surface area (Å²) in [5.41, 5.74) is -1.87. The summed E-state index contributed by atoms with van der Waals surface area (Å²) in [5, 5.41) is 18.3. The van der Waals surface area contributed by atoms with Gasteiger partial charge in [-0.1, -0.05) is 0 Å². The van der Waals surface area contributed by atoms with Crippen LogP contribution in [0.5, 0.6) is 11.5 Å². The largest absolute Gasteiger partial charge is 0.497 e. The Labute approximate surface area is 141 Å². The number of rotatable bonds is 6. The zero-order valence-electron chi connectivity index (χ0n) is 13.8. The van der Waals surface area contributed by atoms with Gasteiger partial charge in [-0.15, -0.1) is 0 Å². The number of carbonyl (C=O) groups excluding carboxylic acids is 1. The van der Waals surface area contributed by atoms with Gasteiger partial charge in [0.2, 0.25) is 5.69 Å².